The summed E-state index contributed by atoms with van der Waals surface area (Å²) in [4.78, 5) is 40.0. The number of ether oxygens (including phenoxy) is 3. The number of benzene rings is 1. The number of urea groups is 1. The highest BCUT2D eigenvalue weighted by Gasteiger charge is 2.20. The van der Waals surface area contributed by atoms with Crippen molar-refractivity contribution >= 4 is 29.2 Å². The normalized spacial score (nSPS) is 10.0. The van der Waals surface area contributed by atoms with Crippen LogP contribution in [0.3, 0.4) is 0 Å². The third-order valence-corrected chi connectivity index (χ3v) is 4.79. The lowest BCUT2D eigenvalue weighted by Gasteiger charge is -2.08. The van der Waals surface area contributed by atoms with Gasteiger partial charge in [0.25, 0.3) is 5.91 Å². The molecule has 0 bridgehead atoms. The van der Waals surface area contributed by atoms with Crippen LogP contribution in [0.5, 0.6) is 11.5 Å². The Labute approximate surface area is 171 Å². The monoisotopic (exact) mass is 419 g/mol. The Balaban J connectivity index is 2.04. The molecule has 0 aliphatic rings. The Morgan fingerprint density at radius 1 is 1.21 bits per heavy atom. The molecule has 2 N–H and O–H groups in total. The number of esters is 1. The first-order valence-corrected chi connectivity index (χ1v) is 9.26. The van der Waals surface area contributed by atoms with Crippen LogP contribution in [0.4, 0.5) is 4.79 Å². The molecule has 0 unspecified atom stereocenters. The maximum atomic E-state index is 12.3. The molecular formula is C19H21N3O6S. The van der Waals surface area contributed by atoms with Crippen LogP contribution in [0.25, 0.3) is 10.6 Å². The molecule has 0 atom stereocenters. The summed E-state index contributed by atoms with van der Waals surface area (Å²) in [5.74, 6) is -0.337. The number of aryl methyl sites for hydroxylation is 1. The van der Waals surface area contributed by atoms with Crippen LogP contribution in [0.15, 0.2) is 30.9 Å². The van der Waals surface area contributed by atoms with E-state index in [-0.39, 0.29) is 11.4 Å². The van der Waals surface area contributed by atoms with E-state index in [2.05, 4.69) is 16.9 Å². The fourth-order valence-electron chi connectivity index (χ4n) is 2.25. The zero-order valence-corrected chi connectivity index (χ0v) is 17.1. The van der Waals surface area contributed by atoms with Crippen molar-refractivity contribution in [2.24, 2.45) is 0 Å². The SMILES string of the molecule is C=CCNC(=O)NC(=O)COC(=O)c1sc(-c2ccc(OC)c(OC)c2)nc1C. The van der Waals surface area contributed by atoms with Crippen LogP contribution in [0, 0.1) is 6.92 Å². The first kappa shape index (κ1) is 21.9. The predicted octanol–water partition coefficient (Wildman–Crippen LogP) is 2.30. The van der Waals surface area contributed by atoms with Gasteiger partial charge in [-0.15, -0.1) is 17.9 Å². The van der Waals surface area contributed by atoms with E-state index in [1.807, 2.05) is 5.32 Å². The number of carbonyl (C=O) groups excluding carboxylic acids is 3. The van der Waals surface area contributed by atoms with Gasteiger partial charge in [0.05, 0.1) is 19.9 Å². The Kier molecular flexibility index (Phi) is 7.72. The van der Waals surface area contributed by atoms with Crippen molar-refractivity contribution in [3.05, 3.63) is 41.4 Å². The van der Waals surface area contributed by atoms with Gasteiger partial charge in [-0.2, -0.15) is 0 Å². The van der Waals surface area contributed by atoms with E-state index in [0.29, 0.717) is 22.2 Å². The van der Waals surface area contributed by atoms with Crippen LogP contribution in [-0.4, -0.2) is 50.3 Å². The summed E-state index contributed by atoms with van der Waals surface area (Å²) in [6.45, 7) is 4.72. The van der Waals surface area contributed by atoms with Gasteiger partial charge in [-0.1, -0.05) is 6.08 Å². The zero-order valence-electron chi connectivity index (χ0n) is 16.2. The maximum Gasteiger partial charge on any atom is 0.350 e. The van der Waals surface area contributed by atoms with Crippen molar-refractivity contribution < 1.29 is 28.6 Å². The lowest BCUT2D eigenvalue weighted by Crippen LogP contribution is -2.41. The van der Waals surface area contributed by atoms with Crippen molar-refractivity contribution in [2.45, 2.75) is 6.92 Å². The average molecular weight is 419 g/mol. The molecule has 1 aromatic carbocycles. The highest BCUT2D eigenvalue weighted by Crippen LogP contribution is 2.35. The highest BCUT2D eigenvalue weighted by molar-refractivity contribution is 7.17. The molecule has 0 aliphatic carbocycles. The van der Waals surface area contributed by atoms with Gasteiger partial charge in [0, 0.05) is 12.1 Å². The minimum atomic E-state index is -0.748. The Morgan fingerprint density at radius 3 is 2.59 bits per heavy atom. The third-order valence-electron chi connectivity index (χ3n) is 3.61. The number of amides is 3. The molecule has 0 aliphatic heterocycles. The fourth-order valence-corrected chi connectivity index (χ4v) is 3.20. The highest BCUT2D eigenvalue weighted by atomic mass is 32.1. The van der Waals surface area contributed by atoms with Gasteiger partial charge in [0.15, 0.2) is 18.1 Å². The van der Waals surface area contributed by atoms with Gasteiger partial charge in [0.1, 0.15) is 9.88 Å². The number of nitrogens with one attached hydrogen (secondary N) is 2. The maximum absolute atomic E-state index is 12.3. The molecule has 29 heavy (non-hydrogen) atoms. The van der Waals surface area contributed by atoms with Crippen LogP contribution < -0.4 is 20.1 Å². The Hall–Kier alpha value is -3.40. The average Bonchev–Trinajstić information content (AvgIpc) is 3.11. The Bertz CT molecular complexity index is 925. The fraction of sp³-hybridized carbons (Fsp3) is 0.263. The summed E-state index contributed by atoms with van der Waals surface area (Å²) in [5, 5.41) is 5.00. The number of hydrogen-bond donors (Lipinski definition) is 2. The minimum Gasteiger partial charge on any atom is -0.493 e. The molecule has 3 amide bonds. The first-order valence-electron chi connectivity index (χ1n) is 8.45. The van der Waals surface area contributed by atoms with Crippen LogP contribution in [-0.2, 0) is 9.53 Å². The van der Waals surface area contributed by atoms with Crippen LogP contribution in [0.2, 0.25) is 0 Å². The lowest BCUT2D eigenvalue weighted by molar-refractivity contribution is -0.123. The van der Waals surface area contributed by atoms with Crippen LogP contribution in [0.1, 0.15) is 15.4 Å². The second kappa shape index (κ2) is 10.2. The van der Waals surface area contributed by atoms with E-state index in [1.54, 1.807) is 32.2 Å². The number of methoxy groups -OCH3 is 2. The lowest BCUT2D eigenvalue weighted by atomic mass is 10.2. The summed E-state index contributed by atoms with van der Waals surface area (Å²) < 4.78 is 15.5. The molecule has 1 heterocycles. The molecule has 0 spiro atoms. The molecule has 0 radical (unpaired) electrons. The van der Waals surface area contributed by atoms with E-state index in [9.17, 15) is 14.4 Å². The molecule has 0 saturated carbocycles. The van der Waals surface area contributed by atoms with Crippen molar-refractivity contribution in [3.63, 3.8) is 0 Å². The van der Waals surface area contributed by atoms with Gasteiger partial charge in [-0.25, -0.2) is 14.6 Å². The molecular weight excluding hydrogens is 398 g/mol. The summed E-state index contributed by atoms with van der Waals surface area (Å²) in [6.07, 6.45) is 1.46. The standard InChI is InChI=1S/C19H21N3O6S/c1-5-8-20-19(25)22-15(23)10-28-18(24)16-11(2)21-17(29-16)12-6-7-13(26-3)14(9-12)27-4/h5-7,9H,1,8,10H2,2-4H3,(H2,20,22,23,25). The largest absolute Gasteiger partial charge is 0.493 e. The number of thiazole rings is 1. The summed E-state index contributed by atoms with van der Waals surface area (Å²) in [5.41, 5.74) is 1.21. The second-order valence-electron chi connectivity index (χ2n) is 5.63. The van der Waals surface area contributed by atoms with E-state index in [0.717, 1.165) is 16.9 Å². The first-order chi connectivity index (χ1) is 13.9. The smallest absolute Gasteiger partial charge is 0.350 e. The summed E-state index contributed by atoms with van der Waals surface area (Å²) >= 11 is 1.13. The minimum absolute atomic E-state index is 0.206. The number of aromatic nitrogens is 1. The number of nitrogens with zero attached hydrogens (tertiary/aromatic N) is 1. The molecule has 10 heteroatoms. The molecule has 0 saturated heterocycles. The number of rotatable bonds is 8. The van der Waals surface area contributed by atoms with E-state index >= 15 is 0 Å². The molecule has 2 aromatic rings. The van der Waals surface area contributed by atoms with Crippen molar-refractivity contribution in [3.8, 4) is 22.1 Å². The molecule has 1 aromatic heterocycles. The molecule has 9 nitrogen and oxygen atoms in total. The van der Waals surface area contributed by atoms with Gasteiger partial charge >= 0.3 is 12.0 Å². The quantitative estimate of drug-likeness (QED) is 0.498. The van der Waals surface area contributed by atoms with Gasteiger partial charge < -0.3 is 19.5 Å². The summed E-state index contributed by atoms with van der Waals surface area (Å²) in [6, 6.07) is 4.59. The summed E-state index contributed by atoms with van der Waals surface area (Å²) in [7, 11) is 3.07. The van der Waals surface area contributed by atoms with Crippen molar-refractivity contribution in [1.82, 2.24) is 15.6 Å². The number of carbonyl (C=O) groups is 3. The second-order valence-corrected chi connectivity index (χ2v) is 6.63. The van der Waals surface area contributed by atoms with E-state index < -0.39 is 24.5 Å². The predicted molar refractivity (Wildman–Crippen MR) is 107 cm³/mol. The molecule has 0 fully saturated rings. The van der Waals surface area contributed by atoms with Crippen molar-refractivity contribution in [1.29, 1.82) is 0 Å². The topological polar surface area (TPSA) is 116 Å². The van der Waals surface area contributed by atoms with E-state index in [1.165, 1.54) is 13.2 Å². The van der Waals surface area contributed by atoms with Gasteiger partial charge in [0.2, 0.25) is 0 Å². The Morgan fingerprint density at radius 2 is 1.93 bits per heavy atom. The van der Waals surface area contributed by atoms with Gasteiger partial charge in [-0.05, 0) is 25.1 Å². The zero-order chi connectivity index (χ0) is 21.4. The van der Waals surface area contributed by atoms with Crippen LogP contribution >= 0.6 is 11.3 Å². The molecule has 154 valence electrons. The van der Waals surface area contributed by atoms with E-state index in [4.69, 9.17) is 14.2 Å². The molecule has 2 rings (SSSR count). The number of hydrogen-bond acceptors (Lipinski definition) is 8. The third kappa shape index (κ3) is 5.79. The number of imide groups is 1. The van der Waals surface area contributed by atoms with Crippen molar-refractivity contribution in [2.75, 3.05) is 27.4 Å². The van der Waals surface area contributed by atoms with Gasteiger partial charge in [-0.3, -0.25) is 10.1 Å².